The third kappa shape index (κ3) is 2.03. The Balaban J connectivity index is 2.53. The molecule has 2 aromatic heterocycles. The van der Waals surface area contributed by atoms with Crippen molar-refractivity contribution in [3.05, 3.63) is 33.9 Å². The van der Waals surface area contributed by atoms with Crippen LogP contribution in [0.2, 0.25) is 5.02 Å². The zero-order chi connectivity index (χ0) is 12.6. The average Bonchev–Trinajstić information content (AvgIpc) is 2.57. The summed E-state index contributed by atoms with van der Waals surface area (Å²) in [6.45, 7) is 5.45. The number of hydrogen-bond donors (Lipinski definition) is 1. The summed E-state index contributed by atoms with van der Waals surface area (Å²) in [4.78, 5) is 8.47. The summed E-state index contributed by atoms with van der Waals surface area (Å²) in [5, 5.41) is 14.0. The minimum Gasteiger partial charge on any atom is -0.392 e. The van der Waals surface area contributed by atoms with Gasteiger partial charge in [-0.2, -0.15) is 5.10 Å². The van der Waals surface area contributed by atoms with Crippen LogP contribution in [-0.4, -0.2) is 24.9 Å². The Morgan fingerprint density at radius 2 is 2.00 bits per heavy atom. The van der Waals surface area contributed by atoms with Crippen molar-refractivity contribution in [1.82, 2.24) is 19.7 Å². The lowest BCUT2D eigenvalue weighted by Crippen LogP contribution is -2.07. The molecule has 0 bridgehead atoms. The van der Waals surface area contributed by atoms with Crippen LogP contribution in [0.4, 0.5) is 0 Å². The van der Waals surface area contributed by atoms with Crippen LogP contribution in [-0.2, 0) is 6.61 Å². The van der Waals surface area contributed by atoms with Crippen LogP contribution in [0.1, 0.15) is 22.6 Å². The maximum Gasteiger partial charge on any atom is 0.251 e. The van der Waals surface area contributed by atoms with Crippen molar-refractivity contribution >= 4 is 11.6 Å². The summed E-state index contributed by atoms with van der Waals surface area (Å²) in [7, 11) is 0. The molecule has 17 heavy (non-hydrogen) atoms. The minimum atomic E-state index is -0.0655. The third-order valence-electron chi connectivity index (χ3n) is 2.63. The molecule has 2 aromatic rings. The molecule has 0 fully saturated rings. The highest BCUT2D eigenvalue weighted by Crippen LogP contribution is 2.21. The van der Waals surface area contributed by atoms with Crippen molar-refractivity contribution in [2.75, 3.05) is 0 Å². The van der Waals surface area contributed by atoms with E-state index < -0.39 is 0 Å². The molecule has 0 saturated carbocycles. The van der Waals surface area contributed by atoms with Gasteiger partial charge in [0.2, 0.25) is 0 Å². The first-order valence-corrected chi connectivity index (χ1v) is 5.58. The second-order valence-electron chi connectivity index (χ2n) is 3.84. The fraction of sp³-hybridized carbons (Fsp3) is 0.364. The van der Waals surface area contributed by atoms with Crippen LogP contribution in [0.3, 0.4) is 0 Å². The van der Waals surface area contributed by atoms with Crippen molar-refractivity contribution in [3.63, 3.8) is 0 Å². The molecule has 0 spiro atoms. The molecular formula is C11H13ClN4O. The van der Waals surface area contributed by atoms with E-state index in [2.05, 4.69) is 15.1 Å². The van der Waals surface area contributed by atoms with Crippen LogP contribution in [0.15, 0.2) is 6.20 Å². The largest absolute Gasteiger partial charge is 0.392 e. The SMILES string of the molecule is Cc1nc(-n2nc(C)c(Cl)c2C)ncc1CO. The number of aromatic nitrogens is 4. The highest BCUT2D eigenvalue weighted by atomic mass is 35.5. The molecule has 0 aliphatic rings. The fourth-order valence-electron chi connectivity index (χ4n) is 1.56. The maximum absolute atomic E-state index is 9.06. The van der Waals surface area contributed by atoms with Crippen molar-refractivity contribution < 1.29 is 5.11 Å². The first-order valence-electron chi connectivity index (χ1n) is 5.20. The number of aliphatic hydroxyl groups is 1. The second-order valence-corrected chi connectivity index (χ2v) is 4.21. The molecular weight excluding hydrogens is 240 g/mol. The van der Waals surface area contributed by atoms with Gasteiger partial charge in [-0.05, 0) is 20.8 Å². The molecule has 2 rings (SSSR count). The van der Waals surface area contributed by atoms with Crippen molar-refractivity contribution in [3.8, 4) is 5.95 Å². The Morgan fingerprint density at radius 1 is 1.29 bits per heavy atom. The molecule has 6 heteroatoms. The number of aryl methyl sites for hydroxylation is 2. The quantitative estimate of drug-likeness (QED) is 0.884. The van der Waals surface area contributed by atoms with E-state index in [4.69, 9.17) is 16.7 Å². The summed E-state index contributed by atoms with van der Waals surface area (Å²) < 4.78 is 1.60. The lowest BCUT2D eigenvalue weighted by Gasteiger charge is -2.05. The van der Waals surface area contributed by atoms with Gasteiger partial charge >= 0.3 is 0 Å². The molecule has 0 saturated heterocycles. The van der Waals surface area contributed by atoms with E-state index in [9.17, 15) is 0 Å². The Hall–Kier alpha value is -1.46. The molecule has 0 amide bonds. The minimum absolute atomic E-state index is 0.0655. The molecule has 0 aromatic carbocycles. The number of hydrogen-bond acceptors (Lipinski definition) is 4. The Labute approximate surface area is 104 Å². The van der Waals surface area contributed by atoms with E-state index >= 15 is 0 Å². The van der Waals surface area contributed by atoms with E-state index in [-0.39, 0.29) is 6.61 Å². The molecule has 0 aliphatic carbocycles. The number of nitrogens with zero attached hydrogens (tertiary/aromatic N) is 4. The zero-order valence-corrected chi connectivity index (χ0v) is 10.7. The zero-order valence-electron chi connectivity index (χ0n) is 9.90. The van der Waals surface area contributed by atoms with Crippen LogP contribution in [0, 0.1) is 20.8 Å². The lowest BCUT2D eigenvalue weighted by atomic mass is 10.3. The van der Waals surface area contributed by atoms with E-state index in [1.165, 1.54) is 0 Å². The monoisotopic (exact) mass is 252 g/mol. The van der Waals surface area contributed by atoms with Gasteiger partial charge in [-0.25, -0.2) is 14.6 Å². The first-order chi connectivity index (χ1) is 8.04. The Kier molecular flexibility index (Phi) is 3.13. The first kappa shape index (κ1) is 12.0. The summed E-state index contributed by atoms with van der Waals surface area (Å²) in [6, 6.07) is 0. The second kappa shape index (κ2) is 4.43. The lowest BCUT2D eigenvalue weighted by molar-refractivity contribution is 0.280. The predicted octanol–water partition coefficient (Wildman–Crippen LogP) is 1.73. The van der Waals surface area contributed by atoms with Gasteiger partial charge in [0.05, 0.1) is 23.0 Å². The smallest absolute Gasteiger partial charge is 0.251 e. The van der Waals surface area contributed by atoms with Gasteiger partial charge in [-0.3, -0.25) is 0 Å². The highest BCUT2D eigenvalue weighted by molar-refractivity contribution is 6.31. The standard InChI is InChI=1S/C11H13ClN4O/c1-6-9(5-17)4-13-11(14-6)16-8(3)10(12)7(2)15-16/h4,17H,5H2,1-3H3. The molecule has 2 heterocycles. The molecule has 0 aliphatic heterocycles. The van der Waals surface area contributed by atoms with Gasteiger partial charge in [0.25, 0.3) is 5.95 Å². The normalized spacial score (nSPS) is 10.9. The van der Waals surface area contributed by atoms with Crippen LogP contribution >= 0.6 is 11.6 Å². The predicted molar refractivity (Wildman–Crippen MR) is 64.3 cm³/mol. The highest BCUT2D eigenvalue weighted by Gasteiger charge is 2.13. The van der Waals surface area contributed by atoms with Crippen LogP contribution in [0.5, 0.6) is 0 Å². The van der Waals surface area contributed by atoms with Gasteiger partial charge in [0.1, 0.15) is 0 Å². The van der Waals surface area contributed by atoms with E-state index in [1.807, 2.05) is 20.8 Å². The average molecular weight is 253 g/mol. The maximum atomic E-state index is 9.06. The van der Waals surface area contributed by atoms with Crippen LogP contribution < -0.4 is 0 Å². The number of rotatable bonds is 2. The van der Waals surface area contributed by atoms with Gasteiger partial charge in [-0.15, -0.1) is 0 Å². The van der Waals surface area contributed by atoms with E-state index in [0.717, 1.165) is 17.1 Å². The van der Waals surface area contributed by atoms with Gasteiger partial charge in [0, 0.05) is 17.5 Å². The summed E-state index contributed by atoms with van der Waals surface area (Å²) in [5.41, 5.74) is 3.00. The third-order valence-corrected chi connectivity index (χ3v) is 3.18. The molecule has 0 atom stereocenters. The topological polar surface area (TPSA) is 63.8 Å². The summed E-state index contributed by atoms with van der Waals surface area (Å²) in [5.74, 6) is 0.465. The van der Waals surface area contributed by atoms with Gasteiger partial charge in [-0.1, -0.05) is 11.6 Å². The van der Waals surface area contributed by atoms with Gasteiger partial charge in [0.15, 0.2) is 0 Å². The Bertz CT molecular complexity index is 565. The molecule has 5 nitrogen and oxygen atoms in total. The van der Waals surface area contributed by atoms with Crippen LogP contribution in [0.25, 0.3) is 5.95 Å². The van der Waals surface area contributed by atoms with Gasteiger partial charge < -0.3 is 5.11 Å². The van der Waals surface area contributed by atoms with Crippen molar-refractivity contribution in [1.29, 1.82) is 0 Å². The number of aliphatic hydroxyl groups excluding tert-OH is 1. The van der Waals surface area contributed by atoms with E-state index in [1.54, 1.807) is 10.9 Å². The fourth-order valence-corrected chi connectivity index (χ4v) is 1.67. The molecule has 90 valence electrons. The Morgan fingerprint density at radius 3 is 2.47 bits per heavy atom. The van der Waals surface area contributed by atoms with Crippen molar-refractivity contribution in [2.45, 2.75) is 27.4 Å². The summed E-state index contributed by atoms with van der Waals surface area (Å²) >= 11 is 6.07. The molecule has 0 unspecified atom stereocenters. The van der Waals surface area contributed by atoms with Crippen molar-refractivity contribution in [2.24, 2.45) is 0 Å². The molecule has 0 radical (unpaired) electrons. The number of halogens is 1. The van der Waals surface area contributed by atoms with E-state index in [0.29, 0.717) is 16.5 Å². The molecule has 1 N–H and O–H groups in total. The summed E-state index contributed by atoms with van der Waals surface area (Å²) in [6.07, 6.45) is 1.60.